The quantitative estimate of drug-likeness (QED) is 0.459. The van der Waals surface area contributed by atoms with Crippen molar-refractivity contribution < 1.29 is 0 Å². The average molecular weight is 420 g/mol. The molecular formula is C24H29N5S. The van der Waals surface area contributed by atoms with E-state index in [-0.39, 0.29) is 0 Å². The number of aryl methyl sites for hydroxylation is 2. The van der Waals surface area contributed by atoms with E-state index in [0.717, 1.165) is 17.1 Å². The van der Waals surface area contributed by atoms with Crippen LogP contribution >= 0.6 is 11.3 Å². The Morgan fingerprint density at radius 2 is 2.10 bits per heavy atom. The Bertz CT molecular complexity index is 1270. The molecule has 0 radical (unpaired) electrons. The summed E-state index contributed by atoms with van der Waals surface area (Å²) in [5.41, 5.74) is 8.06. The van der Waals surface area contributed by atoms with Crippen LogP contribution in [0.15, 0.2) is 18.6 Å². The Kier molecular flexibility index (Phi) is 3.97. The van der Waals surface area contributed by atoms with Crippen LogP contribution in [-0.2, 0) is 0 Å². The van der Waals surface area contributed by atoms with Crippen LogP contribution in [0.5, 0.6) is 0 Å². The smallest absolute Gasteiger partial charge is 0.158 e. The summed E-state index contributed by atoms with van der Waals surface area (Å²) in [7, 11) is 0. The van der Waals surface area contributed by atoms with E-state index in [9.17, 15) is 0 Å². The molecule has 1 unspecified atom stereocenters. The molecule has 6 rings (SSSR count). The summed E-state index contributed by atoms with van der Waals surface area (Å²) >= 11 is 2.00. The molecular weight excluding hydrogens is 390 g/mol. The van der Waals surface area contributed by atoms with Crippen LogP contribution in [-0.4, -0.2) is 32.7 Å². The minimum absolute atomic E-state index is 0.451. The monoisotopic (exact) mass is 419 g/mol. The molecule has 6 heteroatoms. The maximum Gasteiger partial charge on any atom is 0.158 e. The van der Waals surface area contributed by atoms with E-state index in [1.54, 1.807) is 11.2 Å². The number of nitrogens with zero attached hydrogens (tertiary/aromatic N) is 3. The van der Waals surface area contributed by atoms with E-state index in [1.807, 2.05) is 15.9 Å². The zero-order valence-corrected chi connectivity index (χ0v) is 19.0. The van der Waals surface area contributed by atoms with Gasteiger partial charge in [0.2, 0.25) is 0 Å². The van der Waals surface area contributed by atoms with Crippen molar-refractivity contribution in [3.63, 3.8) is 0 Å². The molecule has 1 aliphatic carbocycles. The van der Waals surface area contributed by atoms with Crippen LogP contribution in [0, 0.1) is 19.3 Å². The fourth-order valence-electron chi connectivity index (χ4n) is 5.90. The van der Waals surface area contributed by atoms with E-state index in [2.05, 4.69) is 60.3 Å². The number of pyridine rings is 1. The number of nitrogens with one attached hydrogen (secondary N) is 2. The SMILES string of the molecule is Cc1c(C2CCC3(CNC3)C2)sc2[nH]c(-c3cc(C)c4ncnn4c3)c(C(C)C)c12. The summed E-state index contributed by atoms with van der Waals surface area (Å²) in [4.78, 5) is 11.2. The van der Waals surface area contributed by atoms with Crippen LogP contribution in [0.3, 0.4) is 0 Å². The minimum atomic E-state index is 0.451. The Hall–Kier alpha value is -2.18. The first-order chi connectivity index (χ1) is 14.5. The summed E-state index contributed by atoms with van der Waals surface area (Å²) in [5.74, 6) is 1.18. The molecule has 1 spiro atoms. The Labute approximate surface area is 180 Å². The number of aromatic amines is 1. The van der Waals surface area contributed by atoms with Gasteiger partial charge in [0.1, 0.15) is 11.2 Å². The van der Waals surface area contributed by atoms with Gasteiger partial charge < -0.3 is 10.3 Å². The molecule has 4 aromatic heterocycles. The summed E-state index contributed by atoms with van der Waals surface area (Å²) in [6.07, 6.45) is 7.82. The largest absolute Gasteiger partial charge is 0.346 e. The van der Waals surface area contributed by atoms with Crippen LogP contribution < -0.4 is 5.32 Å². The molecule has 1 atom stereocenters. The van der Waals surface area contributed by atoms with Crippen molar-refractivity contribution in [3.05, 3.63) is 40.2 Å². The number of thiophene rings is 1. The molecule has 2 N–H and O–H groups in total. The zero-order valence-electron chi connectivity index (χ0n) is 18.2. The first kappa shape index (κ1) is 18.6. The summed E-state index contributed by atoms with van der Waals surface area (Å²) < 4.78 is 1.90. The fraction of sp³-hybridized carbons (Fsp3) is 0.500. The van der Waals surface area contributed by atoms with E-state index < -0.39 is 0 Å². The fourth-order valence-corrected chi connectivity index (χ4v) is 7.27. The van der Waals surface area contributed by atoms with Crippen molar-refractivity contribution in [3.8, 4) is 11.3 Å². The van der Waals surface area contributed by atoms with Gasteiger partial charge in [0.25, 0.3) is 0 Å². The van der Waals surface area contributed by atoms with E-state index >= 15 is 0 Å². The molecule has 2 aliphatic rings. The van der Waals surface area contributed by atoms with E-state index in [1.165, 1.54) is 65.0 Å². The molecule has 0 amide bonds. The lowest BCUT2D eigenvalue weighted by atomic mass is 9.79. The maximum atomic E-state index is 4.38. The number of fused-ring (bicyclic) bond motifs is 2. The maximum absolute atomic E-state index is 4.38. The van der Waals surface area contributed by atoms with Gasteiger partial charge in [0, 0.05) is 35.1 Å². The molecule has 5 heterocycles. The summed E-state index contributed by atoms with van der Waals surface area (Å²) in [6, 6.07) is 2.24. The molecule has 1 saturated heterocycles. The highest BCUT2D eigenvalue weighted by molar-refractivity contribution is 7.19. The first-order valence-corrected chi connectivity index (χ1v) is 11.9. The lowest BCUT2D eigenvalue weighted by molar-refractivity contribution is 0.175. The highest BCUT2D eigenvalue weighted by atomic mass is 32.1. The lowest BCUT2D eigenvalue weighted by Crippen LogP contribution is -2.51. The molecule has 1 aliphatic heterocycles. The van der Waals surface area contributed by atoms with E-state index in [0.29, 0.717) is 11.3 Å². The third-order valence-corrected chi connectivity index (χ3v) is 8.83. The third kappa shape index (κ3) is 2.56. The number of rotatable bonds is 3. The van der Waals surface area contributed by atoms with Crippen LogP contribution in [0.1, 0.15) is 66.5 Å². The molecule has 4 aromatic rings. The first-order valence-electron chi connectivity index (χ1n) is 11.1. The second-order valence-electron chi connectivity index (χ2n) is 9.85. The van der Waals surface area contributed by atoms with Gasteiger partial charge in [-0.15, -0.1) is 11.3 Å². The zero-order chi connectivity index (χ0) is 20.6. The second-order valence-corrected chi connectivity index (χ2v) is 10.9. The molecule has 156 valence electrons. The molecule has 0 bridgehead atoms. The molecule has 30 heavy (non-hydrogen) atoms. The topological polar surface area (TPSA) is 58.0 Å². The number of H-pyrrole nitrogens is 1. The predicted octanol–water partition coefficient (Wildman–Crippen LogP) is 5.54. The van der Waals surface area contributed by atoms with Gasteiger partial charge in [0.05, 0.1) is 5.69 Å². The van der Waals surface area contributed by atoms with Gasteiger partial charge in [-0.1, -0.05) is 13.8 Å². The summed E-state index contributed by atoms with van der Waals surface area (Å²) in [5, 5.41) is 9.35. The molecule has 2 fully saturated rings. The van der Waals surface area contributed by atoms with Crippen molar-refractivity contribution in [2.75, 3.05) is 13.1 Å². The van der Waals surface area contributed by atoms with E-state index in [4.69, 9.17) is 0 Å². The Morgan fingerprint density at radius 1 is 1.27 bits per heavy atom. The highest BCUT2D eigenvalue weighted by Gasteiger charge is 2.44. The van der Waals surface area contributed by atoms with Crippen LogP contribution in [0.2, 0.25) is 0 Å². The van der Waals surface area contributed by atoms with Gasteiger partial charge in [0.15, 0.2) is 5.65 Å². The van der Waals surface area contributed by atoms with Gasteiger partial charge in [-0.2, -0.15) is 5.10 Å². The number of hydrogen-bond acceptors (Lipinski definition) is 4. The van der Waals surface area contributed by atoms with Crippen LogP contribution in [0.25, 0.3) is 27.1 Å². The van der Waals surface area contributed by atoms with Crippen molar-refractivity contribution in [2.45, 2.75) is 58.8 Å². The molecule has 0 aromatic carbocycles. The van der Waals surface area contributed by atoms with Gasteiger partial charge >= 0.3 is 0 Å². The Morgan fingerprint density at radius 3 is 2.80 bits per heavy atom. The van der Waals surface area contributed by atoms with Crippen LogP contribution in [0.4, 0.5) is 0 Å². The van der Waals surface area contributed by atoms with Crippen molar-refractivity contribution in [1.29, 1.82) is 0 Å². The standard InChI is InChI=1S/C24H29N5S/c1-13(2)18-19-15(4)21(16-5-6-24(8-16)10-25-11-24)30-23(19)28-20(18)17-7-14(3)22-26-12-27-29(22)9-17/h7,9,12-13,16,25,28H,5-6,8,10-11H2,1-4H3. The third-order valence-electron chi connectivity index (χ3n) is 7.46. The lowest BCUT2D eigenvalue weighted by Gasteiger charge is -2.39. The predicted molar refractivity (Wildman–Crippen MR) is 124 cm³/mol. The normalized spacial score (nSPS) is 20.8. The number of hydrogen-bond donors (Lipinski definition) is 2. The highest BCUT2D eigenvalue weighted by Crippen LogP contribution is 2.53. The number of aromatic nitrogens is 4. The Balaban J connectivity index is 1.48. The van der Waals surface area contributed by atoms with Gasteiger partial charge in [-0.05, 0) is 73.1 Å². The van der Waals surface area contributed by atoms with Crippen molar-refractivity contribution in [1.82, 2.24) is 24.9 Å². The van der Waals surface area contributed by atoms with Gasteiger partial charge in [-0.25, -0.2) is 9.50 Å². The minimum Gasteiger partial charge on any atom is -0.346 e. The average Bonchev–Trinajstić information content (AvgIpc) is 3.43. The molecule has 1 saturated carbocycles. The van der Waals surface area contributed by atoms with Crippen molar-refractivity contribution in [2.24, 2.45) is 5.41 Å². The second kappa shape index (κ2) is 6.41. The molecule has 5 nitrogen and oxygen atoms in total. The van der Waals surface area contributed by atoms with Crippen molar-refractivity contribution >= 4 is 27.2 Å². The van der Waals surface area contributed by atoms with Gasteiger partial charge in [-0.3, -0.25) is 0 Å². The summed E-state index contributed by atoms with van der Waals surface area (Å²) in [6.45, 7) is 11.5.